The molecule has 0 radical (unpaired) electrons. The van der Waals surface area contributed by atoms with Gasteiger partial charge < -0.3 is 10.1 Å². The number of hydrogen-bond donors (Lipinski definition) is 2. The molecule has 1 aromatic rings. The molecule has 0 saturated carbocycles. The summed E-state index contributed by atoms with van der Waals surface area (Å²) in [4.78, 5) is 12.3. The topological polar surface area (TPSA) is 119 Å². The van der Waals surface area contributed by atoms with Crippen molar-refractivity contribution in [1.29, 1.82) is 0 Å². The van der Waals surface area contributed by atoms with Crippen molar-refractivity contribution in [2.24, 2.45) is 0 Å². The maximum Gasteiger partial charge on any atom is 0.251 e. The fraction of sp³-hybridized carbons (Fsp3) is 0.562. The van der Waals surface area contributed by atoms with E-state index >= 15 is 0 Å². The lowest BCUT2D eigenvalue weighted by Gasteiger charge is -2.13. The van der Waals surface area contributed by atoms with Crippen LogP contribution in [-0.4, -0.2) is 59.5 Å². The molecule has 2 aliphatic rings. The number of sulfonamides is 1. The van der Waals surface area contributed by atoms with Crippen molar-refractivity contribution in [1.82, 2.24) is 10.0 Å². The number of benzene rings is 1. The summed E-state index contributed by atoms with van der Waals surface area (Å²) in [6.07, 6.45) is 2.06. The van der Waals surface area contributed by atoms with Crippen molar-refractivity contribution in [3.05, 3.63) is 29.8 Å². The second kappa shape index (κ2) is 7.63. The van der Waals surface area contributed by atoms with E-state index in [-0.39, 0.29) is 34.6 Å². The van der Waals surface area contributed by atoms with Crippen LogP contribution < -0.4 is 10.0 Å². The van der Waals surface area contributed by atoms with E-state index in [4.69, 9.17) is 4.74 Å². The Labute approximate surface area is 153 Å². The number of ether oxygens (including phenoxy) is 1. The summed E-state index contributed by atoms with van der Waals surface area (Å²) < 4.78 is 55.4. The molecule has 2 aliphatic heterocycles. The molecule has 1 aromatic carbocycles. The van der Waals surface area contributed by atoms with Gasteiger partial charge in [0.1, 0.15) is 0 Å². The predicted molar refractivity (Wildman–Crippen MR) is 95.1 cm³/mol. The fourth-order valence-corrected chi connectivity index (χ4v) is 5.79. The van der Waals surface area contributed by atoms with E-state index in [1.54, 1.807) is 0 Å². The van der Waals surface area contributed by atoms with Crippen LogP contribution in [0.15, 0.2) is 29.2 Å². The summed E-state index contributed by atoms with van der Waals surface area (Å²) in [5.74, 6) is -0.396. The zero-order chi connectivity index (χ0) is 18.8. The average molecular weight is 402 g/mol. The van der Waals surface area contributed by atoms with Crippen LogP contribution in [0.5, 0.6) is 0 Å². The molecule has 10 heteroatoms. The van der Waals surface area contributed by atoms with Crippen molar-refractivity contribution in [3.63, 3.8) is 0 Å². The first-order chi connectivity index (χ1) is 12.3. The minimum absolute atomic E-state index is 0.0572. The van der Waals surface area contributed by atoms with Gasteiger partial charge in [-0.05, 0) is 43.5 Å². The first-order valence-electron chi connectivity index (χ1n) is 8.48. The SMILES string of the molecule is O=C(N[C@H]1CCS(=O)(=O)C1)c1ccc(S(=O)(=O)NC[C@@H]2CCCO2)cc1. The number of rotatable bonds is 6. The van der Waals surface area contributed by atoms with Crippen LogP contribution in [0.3, 0.4) is 0 Å². The molecule has 0 spiro atoms. The summed E-state index contributed by atoms with van der Waals surface area (Å²) in [5, 5.41) is 2.67. The van der Waals surface area contributed by atoms with E-state index in [1.165, 1.54) is 24.3 Å². The van der Waals surface area contributed by atoms with Crippen molar-refractivity contribution < 1.29 is 26.4 Å². The molecule has 0 bridgehead atoms. The van der Waals surface area contributed by atoms with Gasteiger partial charge in [0.05, 0.1) is 22.5 Å². The quantitative estimate of drug-likeness (QED) is 0.695. The fourth-order valence-electron chi connectivity index (χ4n) is 3.05. The molecule has 0 unspecified atom stereocenters. The van der Waals surface area contributed by atoms with Gasteiger partial charge in [-0.1, -0.05) is 0 Å². The highest BCUT2D eigenvalue weighted by Gasteiger charge is 2.29. The van der Waals surface area contributed by atoms with E-state index in [1.807, 2.05) is 0 Å². The Morgan fingerprint density at radius 2 is 1.92 bits per heavy atom. The molecule has 0 aromatic heterocycles. The number of sulfone groups is 1. The summed E-state index contributed by atoms with van der Waals surface area (Å²) in [5.41, 5.74) is 0.285. The van der Waals surface area contributed by atoms with Gasteiger partial charge in [0.25, 0.3) is 5.91 Å². The Morgan fingerprint density at radius 1 is 1.19 bits per heavy atom. The van der Waals surface area contributed by atoms with Crippen LogP contribution in [0.1, 0.15) is 29.6 Å². The first kappa shape index (κ1) is 19.3. The number of amides is 1. The first-order valence-corrected chi connectivity index (χ1v) is 11.8. The number of carbonyl (C=O) groups excluding carboxylic acids is 1. The van der Waals surface area contributed by atoms with Gasteiger partial charge in [0, 0.05) is 24.8 Å². The average Bonchev–Trinajstić information content (AvgIpc) is 3.22. The normalized spacial score (nSPS) is 25.2. The lowest BCUT2D eigenvalue weighted by atomic mass is 10.2. The van der Waals surface area contributed by atoms with Crippen LogP contribution in [-0.2, 0) is 24.6 Å². The smallest absolute Gasteiger partial charge is 0.251 e. The molecule has 8 nitrogen and oxygen atoms in total. The highest BCUT2D eigenvalue weighted by Crippen LogP contribution is 2.15. The molecule has 0 aliphatic carbocycles. The van der Waals surface area contributed by atoms with Crippen molar-refractivity contribution >= 4 is 25.8 Å². The largest absolute Gasteiger partial charge is 0.377 e. The molecule has 2 N–H and O–H groups in total. The molecule has 144 valence electrons. The van der Waals surface area contributed by atoms with Crippen LogP contribution in [0.25, 0.3) is 0 Å². The third-order valence-electron chi connectivity index (χ3n) is 4.52. The maximum atomic E-state index is 12.3. The Kier molecular flexibility index (Phi) is 5.66. The third-order valence-corrected chi connectivity index (χ3v) is 7.73. The second-order valence-corrected chi connectivity index (χ2v) is 10.6. The van der Waals surface area contributed by atoms with Gasteiger partial charge >= 0.3 is 0 Å². The van der Waals surface area contributed by atoms with Crippen LogP contribution in [0, 0.1) is 0 Å². The molecular formula is C16H22N2O6S2. The van der Waals surface area contributed by atoms with E-state index in [0.29, 0.717) is 13.0 Å². The number of hydrogen-bond acceptors (Lipinski definition) is 6. The molecule has 26 heavy (non-hydrogen) atoms. The van der Waals surface area contributed by atoms with Gasteiger partial charge in [-0.3, -0.25) is 4.79 Å². The van der Waals surface area contributed by atoms with Crippen molar-refractivity contribution in [2.75, 3.05) is 24.7 Å². The Bertz CT molecular complexity index is 859. The summed E-state index contributed by atoms with van der Waals surface area (Å²) >= 11 is 0. The van der Waals surface area contributed by atoms with Gasteiger partial charge in [-0.25, -0.2) is 21.6 Å². The Morgan fingerprint density at radius 3 is 2.50 bits per heavy atom. The van der Waals surface area contributed by atoms with Crippen molar-refractivity contribution in [2.45, 2.75) is 36.3 Å². The molecule has 2 atom stereocenters. The van der Waals surface area contributed by atoms with Gasteiger partial charge in [-0.15, -0.1) is 0 Å². The van der Waals surface area contributed by atoms with Crippen LogP contribution in [0.4, 0.5) is 0 Å². The molecule has 3 rings (SSSR count). The molecule has 1 amide bonds. The highest BCUT2D eigenvalue weighted by molar-refractivity contribution is 7.91. The van der Waals surface area contributed by atoms with Crippen LogP contribution in [0.2, 0.25) is 0 Å². The van der Waals surface area contributed by atoms with Crippen LogP contribution >= 0.6 is 0 Å². The van der Waals surface area contributed by atoms with E-state index in [0.717, 1.165) is 12.8 Å². The predicted octanol–water partition coefficient (Wildman–Crippen LogP) is 0.0608. The monoisotopic (exact) mass is 402 g/mol. The minimum Gasteiger partial charge on any atom is -0.377 e. The van der Waals surface area contributed by atoms with Crippen molar-refractivity contribution in [3.8, 4) is 0 Å². The Hall–Kier alpha value is -1.49. The minimum atomic E-state index is -3.67. The summed E-state index contributed by atoms with van der Waals surface area (Å²) in [6.45, 7) is 0.874. The van der Waals surface area contributed by atoms with Gasteiger partial charge in [0.15, 0.2) is 9.84 Å². The molecular weight excluding hydrogens is 380 g/mol. The zero-order valence-electron chi connectivity index (χ0n) is 14.2. The van der Waals surface area contributed by atoms with E-state index < -0.39 is 31.8 Å². The molecule has 2 saturated heterocycles. The number of carbonyl (C=O) groups is 1. The lowest BCUT2D eigenvalue weighted by Crippen LogP contribution is -2.35. The number of nitrogens with one attached hydrogen (secondary N) is 2. The standard InChI is InChI=1S/C16H22N2O6S2/c19-16(18-13-7-9-25(20,21)11-13)12-3-5-15(6-4-12)26(22,23)17-10-14-2-1-8-24-14/h3-6,13-14,17H,1-2,7-11H2,(H,18,19)/t13-,14-/m0/s1. The molecule has 2 heterocycles. The lowest BCUT2D eigenvalue weighted by molar-refractivity contribution is 0.0941. The summed E-state index contributed by atoms with van der Waals surface area (Å²) in [7, 11) is -6.74. The second-order valence-electron chi connectivity index (χ2n) is 6.58. The highest BCUT2D eigenvalue weighted by atomic mass is 32.2. The van der Waals surface area contributed by atoms with E-state index in [9.17, 15) is 21.6 Å². The maximum absolute atomic E-state index is 12.3. The zero-order valence-corrected chi connectivity index (χ0v) is 15.8. The van der Waals surface area contributed by atoms with Gasteiger partial charge in [0.2, 0.25) is 10.0 Å². The third kappa shape index (κ3) is 4.81. The molecule has 2 fully saturated rings. The summed E-state index contributed by atoms with van der Waals surface area (Å²) in [6, 6.07) is 5.15. The Balaban J connectivity index is 1.59. The van der Waals surface area contributed by atoms with E-state index in [2.05, 4.69) is 10.0 Å². The van der Waals surface area contributed by atoms with Gasteiger partial charge in [-0.2, -0.15) is 0 Å².